The van der Waals surface area contributed by atoms with Crippen LogP contribution >= 0.6 is 0 Å². The predicted molar refractivity (Wildman–Crippen MR) is 44.8 cm³/mol. The monoisotopic (exact) mass is 155 g/mol. The molecule has 0 heterocycles. The zero-order valence-corrected chi connectivity index (χ0v) is 6.86. The van der Waals surface area contributed by atoms with Crippen molar-refractivity contribution in [2.75, 3.05) is 0 Å². The van der Waals surface area contributed by atoms with E-state index in [-0.39, 0.29) is 5.92 Å². The Morgan fingerprint density at radius 3 is 2.91 bits per heavy atom. The first-order valence-corrected chi connectivity index (χ1v) is 4.02. The van der Waals surface area contributed by atoms with E-state index >= 15 is 0 Å². The van der Waals surface area contributed by atoms with Crippen molar-refractivity contribution in [2.24, 2.45) is 5.92 Å². The van der Waals surface area contributed by atoms with Crippen LogP contribution in [-0.4, -0.2) is 11.9 Å². The Kier molecular flexibility index (Phi) is 2.42. The summed E-state index contributed by atoms with van der Waals surface area (Å²) in [5.41, 5.74) is 1.36. The SMILES string of the molecule is C=C1C(=N)CCC(F)CC1C. The van der Waals surface area contributed by atoms with Gasteiger partial charge in [-0.05, 0) is 30.8 Å². The van der Waals surface area contributed by atoms with E-state index in [2.05, 4.69) is 6.58 Å². The van der Waals surface area contributed by atoms with E-state index in [1.165, 1.54) is 0 Å². The predicted octanol–water partition coefficient (Wildman–Crippen LogP) is 2.72. The molecular formula is C9H14FN. The lowest BCUT2D eigenvalue weighted by molar-refractivity contribution is 0.283. The summed E-state index contributed by atoms with van der Waals surface area (Å²) in [6.07, 6.45) is 0.873. The lowest BCUT2D eigenvalue weighted by Crippen LogP contribution is -2.06. The lowest BCUT2D eigenvalue weighted by atomic mass is 9.96. The van der Waals surface area contributed by atoms with Crippen LogP contribution in [0.1, 0.15) is 26.2 Å². The maximum absolute atomic E-state index is 12.9. The van der Waals surface area contributed by atoms with Gasteiger partial charge in [-0.15, -0.1) is 0 Å². The van der Waals surface area contributed by atoms with Crippen LogP contribution in [0.4, 0.5) is 4.39 Å². The molecule has 0 aliphatic heterocycles. The van der Waals surface area contributed by atoms with Gasteiger partial charge in [-0.3, -0.25) is 0 Å². The minimum Gasteiger partial charge on any atom is -0.305 e. The topological polar surface area (TPSA) is 23.9 Å². The highest BCUT2D eigenvalue weighted by molar-refractivity contribution is 5.97. The van der Waals surface area contributed by atoms with E-state index in [9.17, 15) is 4.39 Å². The van der Waals surface area contributed by atoms with Gasteiger partial charge in [0.1, 0.15) is 6.17 Å². The molecule has 1 rings (SSSR count). The van der Waals surface area contributed by atoms with Crippen molar-refractivity contribution < 1.29 is 4.39 Å². The minimum atomic E-state index is -0.732. The smallest absolute Gasteiger partial charge is 0.101 e. The van der Waals surface area contributed by atoms with Crippen LogP contribution in [0, 0.1) is 11.3 Å². The number of hydrogen-bond acceptors (Lipinski definition) is 1. The Bertz CT molecular complexity index is 186. The standard InChI is InChI=1S/C9H14FN/c1-6-5-8(10)3-4-9(11)7(6)2/h6,8,11H,2-5H2,1H3. The van der Waals surface area contributed by atoms with Crippen LogP contribution in [0.3, 0.4) is 0 Å². The number of alkyl halides is 1. The summed E-state index contributed by atoms with van der Waals surface area (Å²) in [5.74, 6) is 0.153. The second-order valence-corrected chi connectivity index (χ2v) is 3.28. The van der Waals surface area contributed by atoms with E-state index < -0.39 is 6.17 Å². The van der Waals surface area contributed by atoms with E-state index in [0.29, 0.717) is 25.0 Å². The Morgan fingerprint density at radius 1 is 1.64 bits per heavy atom. The highest BCUT2D eigenvalue weighted by Crippen LogP contribution is 2.26. The highest BCUT2D eigenvalue weighted by atomic mass is 19.1. The lowest BCUT2D eigenvalue weighted by Gasteiger charge is -2.10. The summed E-state index contributed by atoms with van der Waals surface area (Å²) >= 11 is 0. The average molecular weight is 155 g/mol. The minimum absolute atomic E-state index is 0.153. The van der Waals surface area contributed by atoms with Gasteiger partial charge < -0.3 is 5.41 Å². The molecule has 0 aromatic rings. The third kappa shape index (κ3) is 1.88. The van der Waals surface area contributed by atoms with Crippen LogP contribution in [0.15, 0.2) is 12.2 Å². The Morgan fingerprint density at radius 2 is 2.27 bits per heavy atom. The molecular weight excluding hydrogens is 141 g/mol. The van der Waals surface area contributed by atoms with Gasteiger partial charge >= 0.3 is 0 Å². The van der Waals surface area contributed by atoms with Crippen LogP contribution in [-0.2, 0) is 0 Å². The molecule has 1 N–H and O–H groups in total. The molecule has 1 fully saturated rings. The summed E-state index contributed by atoms with van der Waals surface area (Å²) < 4.78 is 12.9. The van der Waals surface area contributed by atoms with Gasteiger partial charge in [-0.1, -0.05) is 13.5 Å². The fraction of sp³-hybridized carbons (Fsp3) is 0.667. The van der Waals surface area contributed by atoms with Crippen LogP contribution in [0.25, 0.3) is 0 Å². The summed E-state index contributed by atoms with van der Waals surface area (Å²) in [4.78, 5) is 0. The van der Waals surface area contributed by atoms with Crippen LogP contribution < -0.4 is 0 Å². The van der Waals surface area contributed by atoms with Crippen molar-refractivity contribution in [3.8, 4) is 0 Å². The molecule has 0 radical (unpaired) electrons. The van der Waals surface area contributed by atoms with Gasteiger partial charge in [-0.2, -0.15) is 0 Å². The van der Waals surface area contributed by atoms with Crippen LogP contribution in [0.5, 0.6) is 0 Å². The first kappa shape index (κ1) is 8.44. The van der Waals surface area contributed by atoms with E-state index in [0.717, 1.165) is 5.57 Å². The fourth-order valence-electron chi connectivity index (χ4n) is 1.40. The molecule has 1 saturated carbocycles. The van der Waals surface area contributed by atoms with Crippen molar-refractivity contribution >= 4 is 5.71 Å². The maximum Gasteiger partial charge on any atom is 0.101 e. The molecule has 1 nitrogen and oxygen atoms in total. The van der Waals surface area contributed by atoms with Crippen molar-refractivity contribution in [1.29, 1.82) is 5.41 Å². The Hall–Kier alpha value is -0.660. The first-order valence-electron chi connectivity index (χ1n) is 4.02. The quantitative estimate of drug-likeness (QED) is 0.520. The number of halogens is 1. The summed E-state index contributed by atoms with van der Waals surface area (Å²) in [6.45, 7) is 5.72. The third-order valence-electron chi connectivity index (χ3n) is 2.30. The second-order valence-electron chi connectivity index (χ2n) is 3.28. The van der Waals surface area contributed by atoms with Gasteiger partial charge in [-0.25, -0.2) is 4.39 Å². The Labute approximate surface area is 66.8 Å². The zero-order valence-electron chi connectivity index (χ0n) is 6.86. The molecule has 0 bridgehead atoms. The molecule has 1 aliphatic carbocycles. The van der Waals surface area contributed by atoms with Gasteiger partial charge in [0.2, 0.25) is 0 Å². The first-order chi connectivity index (χ1) is 5.11. The molecule has 11 heavy (non-hydrogen) atoms. The van der Waals surface area contributed by atoms with E-state index in [4.69, 9.17) is 5.41 Å². The summed E-state index contributed by atoms with van der Waals surface area (Å²) in [6, 6.07) is 0. The molecule has 62 valence electrons. The number of hydrogen-bond donors (Lipinski definition) is 1. The summed E-state index contributed by atoms with van der Waals surface area (Å²) in [5, 5.41) is 7.49. The largest absolute Gasteiger partial charge is 0.305 e. The van der Waals surface area contributed by atoms with Crippen molar-refractivity contribution in [1.82, 2.24) is 0 Å². The number of nitrogens with one attached hydrogen (secondary N) is 1. The van der Waals surface area contributed by atoms with Gasteiger partial charge in [0.05, 0.1) is 0 Å². The zero-order chi connectivity index (χ0) is 8.43. The molecule has 2 unspecified atom stereocenters. The maximum atomic E-state index is 12.9. The van der Waals surface area contributed by atoms with Crippen molar-refractivity contribution in [2.45, 2.75) is 32.4 Å². The van der Waals surface area contributed by atoms with E-state index in [1.807, 2.05) is 6.92 Å². The molecule has 0 aromatic heterocycles. The Balaban J connectivity index is 2.69. The number of rotatable bonds is 0. The second kappa shape index (κ2) is 3.16. The van der Waals surface area contributed by atoms with Gasteiger partial charge in [0.15, 0.2) is 0 Å². The van der Waals surface area contributed by atoms with Crippen molar-refractivity contribution in [3.05, 3.63) is 12.2 Å². The molecule has 2 atom stereocenters. The number of allylic oxidation sites excluding steroid dienone is 1. The fourth-order valence-corrected chi connectivity index (χ4v) is 1.40. The van der Waals surface area contributed by atoms with Gasteiger partial charge in [0, 0.05) is 5.71 Å². The van der Waals surface area contributed by atoms with E-state index in [1.54, 1.807) is 0 Å². The molecule has 0 amide bonds. The molecule has 1 aliphatic rings. The molecule has 0 saturated heterocycles. The van der Waals surface area contributed by atoms with Gasteiger partial charge in [0.25, 0.3) is 0 Å². The average Bonchev–Trinajstić information content (AvgIpc) is 2.05. The molecule has 0 spiro atoms. The normalized spacial score (nSPS) is 33.6. The molecule has 2 heteroatoms. The molecule has 0 aromatic carbocycles. The highest BCUT2D eigenvalue weighted by Gasteiger charge is 2.21. The third-order valence-corrected chi connectivity index (χ3v) is 2.30. The summed E-state index contributed by atoms with van der Waals surface area (Å²) in [7, 11) is 0. The van der Waals surface area contributed by atoms with Crippen molar-refractivity contribution in [3.63, 3.8) is 0 Å². The van der Waals surface area contributed by atoms with Crippen LogP contribution in [0.2, 0.25) is 0 Å².